The van der Waals surface area contributed by atoms with Gasteiger partial charge in [0.25, 0.3) is 0 Å². The topological polar surface area (TPSA) is 103 Å². The van der Waals surface area contributed by atoms with Crippen molar-refractivity contribution in [2.24, 2.45) is 5.14 Å². The maximum atomic E-state index is 14.9. The Kier molecular flexibility index (Phi) is 6.17. The standard InChI is InChI=1S/C22H26FN5O2S/c1-15-5-4-6-16(11-15)12-22-26-21(14-25-17-7-2-3-8-17)27-28(22)20-10-9-18(13-19(20)23)31(24,29)30/h4-6,9-11,13,17,25H,2-3,7-8,12,14H2,1H3,(H2,24,29,30). The highest BCUT2D eigenvalue weighted by Crippen LogP contribution is 2.21. The lowest BCUT2D eigenvalue weighted by Gasteiger charge is -2.09. The number of nitrogens with zero attached hydrogens (tertiary/aromatic N) is 3. The summed E-state index contributed by atoms with van der Waals surface area (Å²) in [6.07, 6.45) is 5.19. The van der Waals surface area contributed by atoms with E-state index in [1.807, 2.05) is 25.1 Å². The average molecular weight is 444 g/mol. The van der Waals surface area contributed by atoms with Gasteiger partial charge < -0.3 is 5.32 Å². The summed E-state index contributed by atoms with van der Waals surface area (Å²) >= 11 is 0. The van der Waals surface area contributed by atoms with Gasteiger partial charge >= 0.3 is 0 Å². The molecule has 3 N–H and O–H groups in total. The predicted octanol–water partition coefficient (Wildman–Crippen LogP) is 2.99. The molecule has 9 heteroatoms. The van der Waals surface area contributed by atoms with Crippen molar-refractivity contribution in [3.8, 4) is 5.69 Å². The van der Waals surface area contributed by atoms with Gasteiger partial charge in [0.15, 0.2) is 5.82 Å². The van der Waals surface area contributed by atoms with E-state index in [0.29, 0.717) is 30.7 Å². The fourth-order valence-corrected chi connectivity index (χ4v) is 4.51. The number of primary sulfonamides is 1. The van der Waals surface area contributed by atoms with E-state index in [4.69, 9.17) is 5.14 Å². The van der Waals surface area contributed by atoms with Crippen LogP contribution in [0.3, 0.4) is 0 Å². The molecule has 0 spiro atoms. The number of rotatable bonds is 7. The maximum Gasteiger partial charge on any atom is 0.238 e. The second kappa shape index (κ2) is 8.86. The number of aryl methyl sites for hydroxylation is 1. The van der Waals surface area contributed by atoms with Crippen molar-refractivity contribution in [3.05, 3.63) is 71.1 Å². The zero-order chi connectivity index (χ0) is 22.0. The van der Waals surface area contributed by atoms with Gasteiger partial charge in [-0.1, -0.05) is 42.7 Å². The number of hydrogen-bond donors (Lipinski definition) is 2. The van der Waals surface area contributed by atoms with Crippen LogP contribution in [0.25, 0.3) is 5.69 Å². The number of nitrogens with one attached hydrogen (secondary N) is 1. The molecule has 2 aromatic carbocycles. The average Bonchev–Trinajstić information content (AvgIpc) is 3.35. The summed E-state index contributed by atoms with van der Waals surface area (Å²) in [6, 6.07) is 12.0. The van der Waals surface area contributed by atoms with Gasteiger partial charge in [0, 0.05) is 12.5 Å². The number of nitrogens with two attached hydrogens (primary N) is 1. The minimum absolute atomic E-state index is 0.134. The Morgan fingerprint density at radius 2 is 1.97 bits per heavy atom. The highest BCUT2D eigenvalue weighted by Gasteiger charge is 2.19. The molecule has 0 saturated heterocycles. The van der Waals surface area contributed by atoms with Crippen LogP contribution in [0, 0.1) is 12.7 Å². The Labute approximate surface area is 181 Å². The van der Waals surface area contributed by atoms with Crippen LogP contribution in [-0.2, 0) is 23.0 Å². The van der Waals surface area contributed by atoms with Gasteiger partial charge in [-0.05, 0) is 43.5 Å². The Balaban J connectivity index is 1.68. The second-order valence-corrected chi connectivity index (χ2v) is 9.60. The van der Waals surface area contributed by atoms with E-state index in [-0.39, 0.29) is 10.6 Å². The molecule has 0 bridgehead atoms. The maximum absolute atomic E-state index is 14.9. The van der Waals surface area contributed by atoms with E-state index in [1.165, 1.54) is 29.7 Å². The SMILES string of the molecule is Cc1cccc(Cc2nc(CNC3CCCC3)nn2-c2ccc(S(N)(=O)=O)cc2F)c1. The molecule has 1 fully saturated rings. The molecule has 164 valence electrons. The molecule has 0 amide bonds. The van der Waals surface area contributed by atoms with E-state index < -0.39 is 15.8 Å². The number of aromatic nitrogens is 3. The zero-order valence-electron chi connectivity index (χ0n) is 17.4. The van der Waals surface area contributed by atoms with Crippen LogP contribution >= 0.6 is 0 Å². The molecule has 7 nitrogen and oxygen atoms in total. The lowest BCUT2D eigenvalue weighted by Crippen LogP contribution is -2.25. The first kappa shape index (κ1) is 21.6. The third-order valence-corrected chi connectivity index (χ3v) is 6.45. The van der Waals surface area contributed by atoms with Gasteiger partial charge in [0.2, 0.25) is 10.0 Å². The fraction of sp³-hybridized carbons (Fsp3) is 0.364. The van der Waals surface area contributed by atoms with Crippen molar-refractivity contribution in [2.75, 3.05) is 0 Å². The molecule has 0 atom stereocenters. The van der Waals surface area contributed by atoms with Crippen molar-refractivity contribution in [2.45, 2.75) is 56.5 Å². The van der Waals surface area contributed by atoms with Crippen LogP contribution in [0.1, 0.15) is 48.5 Å². The molecule has 31 heavy (non-hydrogen) atoms. The highest BCUT2D eigenvalue weighted by atomic mass is 32.2. The second-order valence-electron chi connectivity index (χ2n) is 8.04. The van der Waals surface area contributed by atoms with Crippen LogP contribution in [0.2, 0.25) is 0 Å². The van der Waals surface area contributed by atoms with Gasteiger partial charge in [-0.3, -0.25) is 0 Å². The smallest absolute Gasteiger partial charge is 0.238 e. The zero-order valence-corrected chi connectivity index (χ0v) is 18.2. The van der Waals surface area contributed by atoms with Gasteiger partial charge in [-0.2, -0.15) is 0 Å². The van der Waals surface area contributed by atoms with Crippen LogP contribution in [-0.4, -0.2) is 29.2 Å². The lowest BCUT2D eigenvalue weighted by atomic mass is 10.1. The fourth-order valence-electron chi connectivity index (χ4n) is 3.98. The minimum atomic E-state index is -4.00. The minimum Gasteiger partial charge on any atom is -0.307 e. The quantitative estimate of drug-likeness (QED) is 0.584. The van der Waals surface area contributed by atoms with Gasteiger partial charge in [0.05, 0.1) is 11.4 Å². The van der Waals surface area contributed by atoms with E-state index in [1.54, 1.807) is 0 Å². The molecule has 3 aromatic rings. The Morgan fingerprint density at radius 1 is 1.19 bits per heavy atom. The Bertz CT molecular complexity index is 1190. The molecule has 1 aliphatic carbocycles. The van der Waals surface area contributed by atoms with Gasteiger partial charge in [-0.15, -0.1) is 5.10 Å². The predicted molar refractivity (Wildman–Crippen MR) is 116 cm³/mol. The summed E-state index contributed by atoms with van der Waals surface area (Å²) in [4.78, 5) is 4.38. The third kappa shape index (κ3) is 5.17. The molecule has 1 heterocycles. The lowest BCUT2D eigenvalue weighted by molar-refractivity contribution is 0.512. The molecule has 0 aliphatic heterocycles. The largest absolute Gasteiger partial charge is 0.307 e. The van der Waals surface area contributed by atoms with Gasteiger partial charge in [0.1, 0.15) is 17.3 Å². The van der Waals surface area contributed by atoms with Gasteiger partial charge in [-0.25, -0.2) is 27.6 Å². The van der Waals surface area contributed by atoms with Crippen LogP contribution in [0.15, 0.2) is 47.4 Å². The first-order valence-electron chi connectivity index (χ1n) is 10.4. The van der Waals surface area contributed by atoms with Crippen LogP contribution in [0.5, 0.6) is 0 Å². The molecular weight excluding hydrogens is 417 g/mol. The molecule has 0 unspecified atom stereocenters. The number of benzene rings is 2. The highest BCUT2D eigenvalue weighted by molar-refractivity contribution is 7.89. The third-order valence-electron chi connectivity index (χ3n) is 5.54. The summed E-state index contributed by atoms with van der Waals surface area (Å²) in [5.41, 5.74) is 2.29. The molecule has 1 aromatic heterocycles. The number of halogens is 1. The van der Waals surface area contributed by atoms with Crippen molar-refractivity contribution >= 4 is 10.0 Å². The molecule has 0 radical (unpaired) electrons. The summed E-state index contributed by atoms with van der Waals surface area (Å²) in [5.74, 6) is 0.428. The molecule has 1 aliphatic rings. The van der Waals surface area contributed by atoms with Crippen molar-refractivity contribution in [1.29, 1.82) is 0 Å². The van der Waals surface area contributed by atoms with Crippen LogP contribution < -0.4 is 10.5 Å². The van der Waals surface area contributed by atoms with E-state index in [2.05, 4.69) is 21.5 Å². The van der Waals surface area contributed by atoms with E-state index >= 15 is 0 Å². The van der Waals surface area contributed by atoms with E-state index in [0.717, 1.165) is 30.0 Å². The molecule has 4 rings (SSSR count). The monoisotopic (exact) mass is 443 g/mol. The normalized spacial score (nSPS) is 14.9. The number of hydrogen-bond acceptors (Lipinski definition) is 5. The van der Waals surface area contributed by atoms with Crippen molar-refractivity contribution < 1.29 is 12.8 Å². The van der Waals surface area contributed by atoms with Crippen molar-refractivity contribution in [3.63, 3.8) is 0 Å². The molecule has 1 saturated carbocycles. The number of sulfonamides is 1. The first-order valence-corrected chi connectivity index (χ1v) is 11.9. The van der Waals surface area contributed by atoms with E-state index in [9.17, 15) is 12.8 Å². The first-order chi connectivity index (χ1) is 14.8. The molecular formula is C22H26FN5O2S. The summed E-state index contributed by atoms with van der Waals surface area (Å²) < 4.78 is 39.4. The Morgan fingerprint density at radius 3 is 2.65 bits per heavy atom. The summed E-state index contributed by atoms with van der Waals surface area (Å²) in [5, 5.41) is 13.1. The summed E-state index contributed by atoms with van der Waals surface area (Å²) in [7, 11) is -4.00. The Hall–Kier alpha value is -2.62. The van der Waals surface area contributed by atoms with Crippen LogP contribution in [0.4, 0.5) is 4.39 Å². The summed E-state index contributed by atoms with van der Waals surface area (Å²) in [6.45, 7) is 2.51. The van der Waals surface area contributed by atoms with Crippen molar-refractivity contribution in [1.82, 2.24) is 20.1 Å².